The molecule has 39 heavy (non-hydrogen) atoms. The minimum Gasteiger partial charge on any atom is -0.364 e. The molecule has 0 bridgehead atoms. The molecule has 0 aliphatic carbocycles. The number of carbonyl (C=O) groups is 1. The van der Waals surface area contributed by atoms with Crippen molar-refractivity contribution in [2.45, 2.75) is 40.4 Å². The van der Waals surface area contributed by atoms with Crippen LogP contribution in [0.3, 0.4) is 0 Å². The number of methoxy groups -OCH3 is 1. The second kappa shape index (κ2) is 10.2. The highest BCUT2D eigenvalue weighted by Crippen LogP contribution is 2.59. The first-order chi connectivity index (χ1) is 18.9. The molecule has 0 radical (unpaired) electrons. The third-order valence-electron chi connectivity index (χ3n) is 7.32. The lowest BCUT2D eigenvalue weighted by atomic mass is 9.65. The third-order valence-corrected chi connectivity index (χ3v) is 9.42. The summed E-state index contributed by atoms with van der Waals surface area (Å²) >= 11 is 10.1. The number of halogens is 1. The molecule has 2 aliphatic rings. The van der Waals surface area contributed by atoms with Crippen LogP contribution in [0.1, 0.15) is 24.3 Å². The van der Waals surface area contributed by atoms with E-state index >= 15 is 0 Å². The molecule has 2 fully saturated rings. The summed E-state index contributed by atoms with van der Waals surface area (Å²) in [6, 6.07) is 19.1. The number of thiazole rings is 1. The number of ether oxygens (including phenoxy) is 4. The average molecular weight is 630 g/mol. The van der Waals surface area contributed by atoms with Crippen molar-refractivity contribution in [1.29, 1.82) is 0 Å². The highest BCUT2D eigenvalue weighted by Gasteiger charge is 2.76. The van der Waals surface area contributed by atoms with Gasteiger partial charge in [0, 0.05) is 24.3 Å². The van der Waals surface area contributed by atoms with E-state index < -0.39 is 33.5 Å². The SMILES string of the molecule is CO[C@@]1(C(C)=O)[C@@H](S)O[C@@]2(Br)COC(c3ccccc3)O[C@@H]2C1(c1ccccc1)n1cc(-c2nccs2)nn1. The van der Waals surface area contributed by atoms with Gasteiger partial charge < -0.3 is 18.9 Å². The lowest BCUT2D eigenvalue weighted by Gasteiger charge is -2.62. The highest BCUT2D eigenvalue weighted by molar-refractivity contribution is 9.10. The van der Waals surface area contributed by atoms with Gasteiger partial charge in [-0.15, -0.1) is 29.1 Å². The van der Waals surface area contributed by atoms with Gasteiger partial charge in [0.2, 0.25) is 0 Å². The first kappa shape index (κ1) is 26.8. The maximum atomic E-state index is 13.9. The number of hydrogen-bond acceptors (Lipinski definition) is 10. The number of benzene rings is 2. The van der Waals surface area contributed by atoms with Gasteiger partial charge in [-0.2, -0.15) is 0 Å². The van der Waals surface area contributed by atoms with Gasteiger partial charge in [-0.1, -0.05) is 65.9 Å². The Balaban J connectivity index is 1.66. The number of nitrogens with zero attached hydrogens (tertiary/aromatic N) is 4. The normalized spacial score (nSPS) is 32.5. The van der Waals surface area contributed by atoms with Crippen molar-refractivity contribution in [3.05, 3.63) is 89.6 Å². The van der Waals surface area contributed by atoms with E-state index in [0.717, 1.165) is 5.56 Å². The van der Waals surface area contributed by atoms with Crippen molar-refractivity contribution in [3.8, 4) is 10.7 Å². The molecule has 2 aromatic carbocycles. The van der Waals surface area contributed by atoms with Gasteiger partial charge in [-0.05, 0) is 28.4 Å². The largest absolute Gasteiger partial charge is 0.364 e. The molecule has 0 spiro atoms. The molecule has 2 aromatic heterocycles. The van der Waals surface area contributed by atoms with Crippen LogP contribution in [0.4, 0.5) is 0 Å². The van der Waals surface area contributed by atoms with Gasteiger partial charge in [-0.25, -0.2) is 9.67 Å². The lowest BCUT2D eigenvalue weighted by molar-refractivity contribution is -0.346. The van der Waals surface area contributed by atoms with Gasteiger partial charge in [0.15, 0.2) is 27.7 Å². The molecule has 12 heteroatoms. The van der Waals surface area contributed by atoms with Crippen molar-refractivity contribution in [1.82, 2.24) is 20.0 Å². The average Bonchev–Trinajstić information content (AvgIpc) is 3.66. The lowest BCUT2D eigenvalue weighted by Crippen LogP contribution is -2.80. The zero-order valence-corrected chi connectivity index (χ0v) is 24.3. The minimum atomic E-state index is -1.70. The van der Waals surface area contributed by atoms with E-state index in [0.29, 0.717) is 16.3 Å². The van der Waals surface area contributed by atoms with Gasteiger partial charge in [0.25, 0.3) is 0 Å². The van der Waals surface area contributed by atoms with Crippen molar-refractivity contribution in [2.24, 2.45) is 0 Å². The fraction of sp³-hybridized carbons (Fsp3) is 0.333. The van der Waals surface area contributed by atoms with E-state index in [1.165, 1.54) is 25.4 Å². The number of ketones is 1. The minimum absolute atomic E-state index is 0.0919. The van der Waals surface area contributed by atoms with E-state index in [1.807, 2.05) is 66.0 Å². The Morgan fingerprint density at radius 1 is 1.18 bits per heavy atom. The van der Waals surface area contributed by atoms with Crippen molar-refractivity contribution < 1.29 is 23.7 Å². The summed E-state index contributed by atoms with van der Waals surface area (Å²) in [5, 5.41) is 11.6. The van der Waals surface area contributed by atoms with E-state index in [2.05, 4.69) is 31.2 Å². The number of thiol groups is 1. The number of aromatic nitrogens is 4. The van der Waals surface area contributed by atoms with Crippen LogP contribution in [0, 0.1) is 0 Å². The zero-order chi connectivity index (χ0) is 27.3. The summed E-state index contributed by atoms with van der Waals surface area (Å²) in [6.45, 7) is 1.55. The quantitative estimate of drug-likeness (QED) is 0.244. The topological polar surface area (TPSA) is 97.6 Å². The number of fused-ring (bicyclic) bond motifs is 1. The van der Waals surface area contributed by atoms with Crippen molar-refractivity contribution in [3.63, 3.8) is 0 Å². The number of alkyl halides is 1. The molecule has 0 saturated carbocycles. The summed E-state index contributed by atoms with van der Waals surface area (Å²) in [5.74, 6) is -0.318. The molecule has 9 nitrogen and oxygen atoms in total. The molecule has 6 rings (SSSR count). The summed E-state index contributed by atoms with van der Waals surface area (Å²) < 4.78 is 26.0. The molecule has 4 aromatic rings. The Hall–Kier alpha value is -2.45. The van der Waals surface area contributed by atoms with Crippen LogP contribution >= 0.6 is 39.9 Å². The Kier molecular flexibility index (Phi) is 6.99. The Labute approximate surface area is 243 Å². The first-order valence-electron chi connectivity index (χ1n) is 12.2. The summed E-state index contributed by atoms with van der Waals surface area (Å²) in [4.78, 5) is 18.3. The second-order valence-corrected chi connectivity index (χ2v) is 12.0. The van der Waals surface area contributed by atoms with Crippen LogP contribution in [0.15, 0.2) is 78.4 Å². The standard InChI is InChI=1S/C27H25BrN4O5S2/c1-17(33)27(34-2)24(38)37-25(28)16-35-22(18-9-5-3-6-10-18)36-23(25)26(27,19-11-7-4-8-12-19)32-15-20(30-31-32)21-29-13-14-39-21/h3-15,22-24,38H,16H2,1-2H3/t22?,23-,24+,25-,26?,27-/m0/s1. The Morgan fingerprint density at radius 2 is 1.90 bits per heavy atom. The number of Topliss-reactive ketones (excluding diaryl/α,β-unsaturated/α-hetero) is 1. The maximum Gasteiger partial charge on any atom is 0.192 e. The van der Waals surface area contributed by atoms with Crippen LogP contribution in [-0.4, -0.2) is 61.1 Å². The number of hydrogen-bond donors (Lipinski definition) is 1. The Bertz CT molecular complexity index is 1460. The molecule has 202 valence electrons. The predicted molar refractivity (Wildman–Crippen MR) is 151 cm³/mol. The molecular weight excluding hydrogens is 604 g/mol. The van der Waals surface area contributed by atoms with Gasteiger partial charge in [0.1, 0.15) is 22.2 Å². The van der Waals surface area contributed by atoms with Crippen LogP contribution in [0.2, 0.25) is 0 Å². The van der Waals surface area contributed by atoms with E-state index in [9.17, 15) is 4.79 Å². The number of rotatable bonds is 6. The van der Waals surface area contributed by atoms with Crippen molar-refractivity contribution >= 4 is 45.7 Å². The second-order valence-electron chi connectivity index (χ2n) is 9.34. The van der Waals surface area contributed by atoms with Gasteiger partial charge >= 0.3 is 0 Å². The fourth-order valence-corrected chi connectivity index (χ4v) is 7.84. The molecular formula is C27H25BrN4O5S2. The van der Waals surface area contributed by atoms with E-state index in [-0.39, 0.29) is 12.4 Å². The van der Waals surface area contributed by atoms with E-state index in [4.69, 9.17) is 31.6 Å². The van der Waals surface area contributed by atoms with Crippen molar-refractivity contribution in [2.75, 3.05) is 13.7 Å². The van der Waals surface area contributed by atoms with Crippen LogP contribution in [-0.2, 0) is 29.3 Å². The molecule has 4 heterocycles. The molecule has 2 aliphatic heterocycles. The van der Waals surface area contributed by atoms with Crippen LogP contribution < -0.4 is 0 Å². The molecule has 0 N–H and O–H groups in total. The number of carbonyl (C=O) groups excluding carboxylic acids is 1. The first-order valence-corrected chi connectivity index (χ1v) is 14.4. The molecule has 6 atom stereocenters. The zero-order valence-electron chi connectivity index (χ0n) is 21.0. The summed E-state index contributed by atoms with van der Waals surface area (Å²) in [5.41, 5.74) is -2.15. The molecule has 0 amide bonds. The van der Waals surface area contributed by atoms with Crippen LogP contribution in [0.5, 0.6) is 0 Å². The summed E-state index contributed by atoms with van der Waals surface area (Å²) in [7, 11) is 1.47. The molecule has 2 unspecified atom stereocenters. The predicted octanol–water partition coefficient (Wildman–Crippen LogP) is 4.61. The van der Waals surface area contributed by atoms with Gasteiger partial charge in [-0.3, -0.25) is 4.79 Å². The highest BCUT2D eigenvalue weighted by atomic mass is 79.9. The molecule has 2 saturated heterocycles. The van der Waals surface area contributed by atoms with Crippen LogP contribution in [0.25, 0.3) is 10.7 Å². The monoisotopic (exact) mass is 628 g/mol. The van der Waals surface area contributed by atoms with E-state index in [1.54, 1.807) is 17.1 Å². The smallest absolute Gasteiger partial charge is 0.192 e. The third kappa shape index (κ3) is 3.96. The summed E-state index contributed by atoms with van der Waals surface area (Å²) in [6.07, 6.45) is 1.80. The van der Waals surface area contributed by atoms with Gasteiger partial charge in [0.05, 0.1) is 12.8 Å². The Morgan fingerprint density at radius 3 is 2.54 bits per heavy atom. The fourth-order valence-electron chi connectivity index (χ4n) is 5.68. The maximum absolute atomic E-state index is 13.9.